The van der Waals surface area contributed by atoms with Gasteiger partial charge in [-0.1, -0.05) is 6.07 Å². The molecule has 1 saturated heterocycles. The molecular formula is C12H15NO7. The van der Waals surface area contributed by atoms with Crippen LogP contribution in [0.2, 0.25) is 0 Å². The summed E-state index contributed by atoms with van der Waals surface area (Å²) in [4.78, 5) is 10.1. The van der Waals surface area contributed by atoms with E-state index in [0.717, 1.165) is 0 Å². The fourth-order valence-corrected chi connectivity index (χ4v) is 1.92. The quantitative estimate of drug-likeness (QED) is 0.519. The smallest absolute Gasteiger partial charge is 0.273 e. The second-order valence-corrected chi connectivity index (χ2v) is 4.55. The van der Waals surface area contributed by atoms with E-state index < -0.39 is 35.6 Å². The number of aliphatic hydroxyl groups excluding tert-OH is 3. The molecule has 8 heteroatoms. The number of nitro benzene ring substituents is 1. The Morgan fingerprint density at radius 2 is 1.95 bits per heavy atom. The molecule has 1 aliphatic rings. The van der Waals surface area contributed by atoms with E-state index >= 15 is 0 Å². The molecule has 5 unspecified atom stereocenters. The number of hydrogen-bond donors (Lipinski definition) is 3. The summed E-state index contributed by atoms with van der Waals surface area (Å²) in [5.74, 6) is 0.124. The summed E-state index contributed by atoms with van der Waals surface area (Å²) in [6.07, 6.45) is -6.06. The highest BCUT2D eigenvalue weighted by molar-refractivity contribution is 5.38. The highest BCUT2D eigenvalue weighted by atomic mass is 16.7. The summed E-state index contributed by atoms with van der Waals surface area (Å²) in [6.45, 7) is 1.52. The summed E-state index contributed by atoms with van der Waals surface area (Å²) in [5, 5.41) is 39.6. The zero-order valence-electron chi connectivity index (χ0n) is 10.6. The maximum atomic E-state index is 10.7. The van der Waals surface area contributed by atoms with Crippen LogP contribution in [-0.4, -0.2) is 50.9 Å². The standard InChI is InChI=1S/C12H15NO7/c1-6-9(14)10(15)11(16)12(19-6)20-8-4-2-3-7(5-8)13(17)18/h2-6,9-12,14-16H,1H3. The summed E-state index contributed by atoms with van der Waals surface area (Å²) in [7, 11) is 0. The van der Waals surface area contributed by atoms with E-state index in [1.807, 2.05) is 0 Å². The van der Waals surface area contributed by atoms with Gasteiger partial charge in [-0.15, -0.1) is 0 Å². The molecule has 0 spiro atoms. The topological polar surface area (TPSA) is 122 Å². The number of aliphatic hydroxyl groups is 3. The average Bonchev–Trinajstić information content (AvgIpc) is 2.42. The molecular weight excluding hydrogens is 270 g/mol. The molecule has 0 aromatic heterocycles. The van der Waals surface area contributed by atoms with Gasteiger partial charge in [0.1, 0.15) is 24.1 Å². The molecule has 2 rings (SSSR count). The van der Waals surface area contributed by atoms with E-state index in [2.05, 4.69) is 0 Å². The summed E-state index contributed by atoms with van der Waals surface area (Å²) >= 11 is 0. The number of hydrogen-bond acceptors (Lipinski definition) is 7. The van der Waals surface area contributed by atoms with Gasteiger partial charge in [-0.2, -0.15) is 0 Å². The van der Waals surface area contributed by atoms with Crippen LogP contribution in [-0.2, 0) is 4.74 Å². The van der Waals surface area contributed by atoms with Crippen molar-refractivity contribution in [1.82, 2.24) is 0 Å². The molecule has 1 aliphatic heterocycles. The Kier molecular flexibility index (Phi) is 4.19. The van der Waals surface area contributed by atoms with Crippen molar-refractivity contribution >= 4 is 5.69 Å². The molecule has 1 heterocycles. The number of nitro groups is 1. The fraction of sp³-hybridized carbons (Fsp3) is 0.500. The van der Waals surface area contributed by atoms with Gasteiger partial charge in [0.05, 0.1) is 17.1 Å². The molecule has 8 nitrogen and oxygen atoms in total. The SMILES string of the molecule is CC1OC(Oc2cccc([N+](=O)[O-])c2)C(O)C(O)C1O. The van der Waals surface area contributed by atoms with Crippen molar-refractivity contribution in [1.29, 1.82) is 0 Å². The van der Waals surface area contributed by atoms with Gasteiger partial charge < -0.3 is 24.8 Å². The minimum absolute atomic E-state index is 0.124. The van der Waals surface area contributed by atoms with E-state index in [4.69, 9.17) is 9.47 Å². The van der Waals surface area contributed by atoms with E-state index in [1.54, 1.807) is 0 Å². The van der Waals surface area contributed by atoms with Gasteiger partial charge in [-0.25, -0.2) is 0 Å². The molecule has 110 valence electrons. The number of nitrogens with zero attached hydrogens (tertiary/aromatic N) is 1. The minimum Gasteiger partial charge on any atom is -0.462 e. The Labute approximate surface area is 114 Å². The van der Waals surface area contributed by atoms with Crippen LogP contribution >= 0.6 is 0 Å². The van der Waals surface area contributed by atoms with Crippen LogP contribution in [0.25, 0.3) is 0 Å². The van der Waals surface area contributed by atoms with Gasteiger partial charge in [-0.3, -0.25) is 10.1 Å². The van der Waals surface area contributed by atoms with E-state index in [-0.39, 0.29) is 11.4 Å². The van der Waals surface area contributed by atoms with Gasteiger partial charge in [-0.05, 0) is 13.0 Å². The van der Waals surface area contributed by atoms with E-state index in [9.17, 15) is 25.4 Å². The monoisotopic (exact) mass is 285 g/mol. The molecule has 0 bridgehead atoms. The van der Waals surface area contributed by atoms with Gasteiger partial charge in [0.2, 0.25) is 6.29 Å². The lowest BCUT2D eigenvalue weighted by molar-refractivity contribution is -0.385. The lowest BCUT2D eigenvalue weighted by Gasteiger charge is -2.38. The van der Waals surface area contributed by atoms with Crippen LogP contribution in [0.1, 0.15) is 6.92 Å². The van der Waals surface area contributed by atoms with E-state index in [0.29, 0.717) is 0 Å². The minimum atomic E-state index is -1.46. The lowest BCUT2D eigenvalue weighted by Crippen LogP contribution is -2.58. The van der Waals surface area contributed by atoms with Crippen LogP contribution in [0.4, 0.5) is 5.69 Å². The fourth-order valence-electron chi connectivity index (χ4n) is 1.92. The zero-order valence-corrected chi connectivity index (χ0v) is 10.6. The van der Waals surface area contributed by atoms with Crippen molar-refractivity contribution in [3.8, 4) is 5.75 Å². The largest absolute Gasteiger partial charge is 0.462 e. The van der Waals surface area contributed by atoms with Crippen LogP contribution in [0.5, 0.6) is 5.75 Å². The van der Waals surface area contributed by atoms with Gasteiger partial charge in [0.25, 0.3) is 5.69 Å². The van der Waals surface area contributed by atoms with Crippen molar-refractivity contribution in [2.24, 2.45) is 0 Å². The van der Waals surface area contributed by atoms with Crippen LogP contribution < -0.4 is 4.74 Å². The molecule has 0 saturated carbocycles. The number of non-ortho nitro benzene ring substituents is 1. The normalized spacial score (nSPS) is 33.7. The number of rotatable bonds is 3. The third kappa shape index (κ3) is 2.88. The lowest BCUT2D eigenvalue weighted by atomic mass is 10.00. The van der Waals surface area contributed by atoms with Crippen molar-refractivity contribution in [2.75, 3.05) is 0 Å². The van der Waals surface area contributed by atoms with Gasteiger partial charge >= 0.3 is 0 Å². The second-order valence-electron chi connectivity index (χ2n) is 4.55. The third-order valence-electron chi connectivity index (χ3n) is 3.09. The molecule has 0 radical (unpaired) electrons. The van der Waals surface area contributed by atoms with Gasteiger partial charge in [0, 0.05) is 6.07 Å². The first-order valence-electron chi connectivity index (χ1n) is 6.01. The summed E-state index contributed by atoms with van der Waals surface area (Å²) in [5.41, 5.74) is -0.165. The first-order chi connectivity index (χ1) is 9.40. The summed E-state index contributed by atoms with van der Waals surface area (Å²) < 4.78 is 10.5. The Morgan fingerprint density at radius 1 is 1.25 bits per heavy atom. The van der Waals surface area contributed by atoms with Crippen LogP contribution in [0.15, 0.2) is 24.3 Å². The molecule has 20 heavy (non-hydrogen) atoms. The van der Waals surface area contributed by atoms with Gasteiger partial charge in [0.15, 0.2) is 0 Å². The molecule has 1 aromatic carbocycles. The summed E-state index contributed by atoms with van der Waals surface area (Å²) in [6, 6.07) is 5.37. The highest BCUT2D eigenvalue weighted by Crippen LogP contribution is 2.26. The van der Waals surface area contributed by atoms with Crippen molar-refractivity contribution in [2.45, 2.75) is 37.6 Å². The maximum absolute atomic E-state index is 10.7. The molecule has 5 atom stereocenters. The third-order valence-corrected chi connectivity index (χ3v) is 3.09. The Balaban J connectivity index is 2.13. The maximum Gasteiger partial charge on any atom is 0.273 e. The van der Waals surface area contributed by atoms with E-state index in [1.165, 1.54) is 31.2 Å². The number of benzene rings is 1. The van der Waals surface area contributed by atoms with Crippen LogP contribution in [0.3, 0.4) is 0 Å². The predicted molar refractivity (Wildman–Crippen MR) is 66.1 cm³/mol. The molecule has 0 amide bonds. The zero-order chi connectivity index (χ0) is 14.9. The average molecular weight is 285 g/mol. The molecule has 1 aromatic rings. The Bertz CT molecular complexity index is 494. The Morgan fingerprint density at radius 3 is 2.60 bits per heavy atom. The molecule has 0 aliphatic carbocycles. The predicted octanol–water partition coefficient (Wildman–Crippen LogP) is -0.199. The Hall–Kier alpha value is -1.74. The van der Waals surface area contributed by atoms with Crippen molar-refractivity contribution < 1.29 is 29.7 Å². The number of ether oxygens (including phenoxy) is 2. The second kappa shape index (κ2) is 5.71. The highest BCUT2D eigenvalue weighted by Gasteiger charge is 2.43. The first-order valence-corrected chi connectivity index (χ1v) is 6.01. The molecule has 3 N–H and O–H groups in total. The first kappa shape index (κ1) is 14.7. The van der Waals surface area contributed by atoms with Crippen molar-refractivity contribution in [3.63, 3.8) is 0 Å². The molecule has 1 fully saturated rings. The van der Waals surface area contributed by atoms with Crippen LogP contribution in [0, 0.1) is 10.1 Å². The van der Waals surface area contributed by atoms with Crippen molar-refractivity contribution in [3.05, 3.63) is 34.4 Å².